The van der Waals surface area contributed by atoms with E-state index in [4.69, 9.17) is 4.74 Å². The standard InChI is InChI=1S/C22H32O2/c1-5-7-8-9-16-13-19(23)21-17-12-15(3)10-11-18(17)22(4,6-2)24-20(21)14-16/h12-14,17-18,23H,5-11H2,1-4H3. The van der Waals surface area contributed by atoms with Crippen molar-refractivity contribution in [2.24, 2.45) is 5.92 Å². The zero-order valence-electron chi connectivity index (χ0n) is 15.7. The number of unbranched alkanes of at least 4 members (excludes halogenated alkanes) is 2. The molecule has 2 nitrogen and oxygen atoms in total. The number of allylic oxidation sites excluding steroid dienone is 2. The Hall–Kier alpha value is -1.44. The lowest BCUT2D eigenvalue weighted by atomic mass is 9.66. The van der Waals surface area contributed by atoms with Crippen LogP contribution in [0.15, 0.2) is 23.8 Å². The van der Waals surface area contributed by atoms with Crippen molar-refractivity contribution >= 4 is 0 Å². The van der Waals surface area contributed by atoms with Crippen LogP contribution in [0.2, 0.25) is 0 Å². The van der Waals surface area contributed by atoms with Gasteiger partial charge in [-0.2, -0.15) is 0 Å². The maximum absolute atomic E-state index is 10.8. The fraction of sp³-hybridized carbons (Fsp3) is 0.636. The number of ether oxygens (including phenoxy) is 1. The molecule has 0 radical (unpaired) electrons. The van der Waals surface area contributed by atoms with Crippen molar-refractivity contribution < 1.29 is 9.84 Å². The highest BCUT2D eigenvalue weighted by Gasteiger charge is 2.46. The van der Waals surface area contributed by atoms with Gasteiger partial charge in [0.1, 0.15) is 17.1 Å². The second kappa shape index (κ2) is 6.82. The number of hydrogen-bond acceptors (Lipinski definition) is 2. The molecule has 1 aromatic rings. The molecular formula is C22H32O2. The summed E-state index contributed by atoms with van der Waals surface area (Å²) in [5.41, 5.74) is 3.52. The molecule has 0 saturated heterocycles. The summed E-state index contributed by atoms with van der Waals surface area (Å²) in [5, 5.41) is 10.8. The topological polar surface area (TPSA) is 29.5 Å². The SMILES string of the molecule is CCCCCc1cc(O)c2c(c1)OC(C)(CC)C1CCC(C)=CC21. The molecule has 0 saturated carbocycles. The summed E-state index contributed by atoms with van der Waals surface area (Å²) >= 11 is 0. The van der Waals surface area contributed by atoms with Crippen molar-refractivity contribution in [1.82, 2.24) is 0 Å². The van der Waals surface area contributed by atoms with E-state index < -0.39 is 0 Å². The molecule has 0 fully saturated rings. The van der Waals surface area contributed by atoms with Crippen LogP contribution in [-0.2, 0) is 6.42 Å². The van der Waals surface area contributed by atoms with Crippen LogP contribution >= 0.6 is 0 Å². The summed E-state index contributed by atoms with van der Waals surface area (Å²) < 4.78 is 6.51. The van der Waals surface area contributed by atoms with Gasteiger partial charge in [-0.05, 0) is 63.6 Å². The monoisotopic (exact) mass is 328 g/mol. The molecule has 0 aromatic heterocycles. The van der Waals surface area contributed by atoms with Crippen LogP contribution in [0.25, 0.3) is 0 Å². The highest BCUT2D eigenvalue weighted by atomic mass is 16.5. The lowest BCUT2D eigenvalue weighted by Gasteiger charge is -2.48. The van der Waals surface area contributed by atoms with Crippen molar-refractivity contribution in [3.8, 4) is 11.5 Å². The minimum atomic E-state index is -0.136. The van der Waals surface area contributed by atoms with Gasteiger partial charge in [-0.25, -0.2) is 0 Å². The molecule has 2 aliphatic rings. The Bertz CT molecular complexity index is 631. The summed E-state index contributed by atoms with van der Waals surface area (Å²) in [6.07, 6.45) is 10.3. The predicted molar refractivity (Wildman–Crippen MR) is 99.9 cm³/mol. The van der Waals surface area contributed by atoms with Crippen LogP contribution < -0.4 is 4.74 Å². The van der Waals surface area contributed by atoms with E-state index in [1.807, 2.05) is 6.07 Å². The van der Waals surface area contributed by atoms with Gasteiger partial charge in [-0.15, -0.1) is 0 Å². The molecule has 1 aromatic carbocycles. The number of benzene rings is 1. The summed E-state index contributed by atoms with van der Waals surface area (Å²) in [7, 11) is 0. The summed E-state index contributed by atoms with van der Waals surface area (Å²) in [6, 6.07) is 4.16. The summed E-state index contributed by atoms with van der Waals surface area (Å²) in [6.45, 7) is 8.91. The van der Waals surface area contributed by atoms with E-state index in [1.165, 1.54) is 30.4 Å². The van der Waals surface area contributed by atoms with Gasteiger partial charge in [0.05, 0.1) is 0 Å². The zero-order chi connectivity index (χ0) is 17.3. The highest BCUT2D eigenvalue weighted by molar-refractivity contribution is 5.54. The Morgan fingerprint density at radius 2 is 2.04 bits per heavy atom. The van der Waals surface area contributed by atoms with E-state index in [0.717, 1.165) is 37.0 Å². The minimum absolute atomic E-state index is 0.136. The third-order valence-electron chi connectivity index (χ3n) is 6.16. The second-order valence-electron chi connectivity index (χ2n) is 7.94. The number of fused-ring (bicyclic) bond motifs is 3. The number of aryl methyl sites for hydroxylation is 1. The van der Waals surface area contributed by atoms with Crippen molar-refractivity contribution in [1.29, 1.82) is 0 Å². The predicted octanol–water partition coefficient (Wildman–Crippen LogP) is 6.13. The van der Waals surface area contributed by atoms with Crippen LogP contribution in [0.1, 0.15) is 83.3 Å². The van der Waals surface area contributed by atoms with Gasteiger partial charge in [-0.3, -0.25) is 0 Å². The summed E-state index contributed by atoms with van der Waals surface area (Å²) in [4.78, 5) is 0. The highest BCUT2D eigenvalue weighted by Crippen LogP contribution is 2.54. The summed E-state index contributed by atoms with van der Waals surface area (Å²) in [5.74, 6) is 2.09. The third kappa shape index (κ3) is 3.08. The molecule has 0 bridgehead atoms. The normalized spacial score (nSPS) is 28.6. The molecule has 1 aliphatic heterocycles. The Balaban J connectivity index is 2.01. The number of rotatable bonds is 5. The number of phenolic OH excluding ortho intramolecular Hbond substituents is 1. The minimum Gasteiger partial charge on any atom is -0.507 e. The lowest BCUT2D eigenvalue weighted by Crippen LogP contribution is -2.47. The fourth-order valence-corrected chi connectivity index (χ4v) is 4.51. The Kier molecular flexibility index (Phi) is 4.94. The molecule has 3 rings (SSSR count). The average molecular weight is 328 g/mol. The van der Waals surface area contributed by atoms with Crippen LogP contribution in [-0.4, -0.2) is 10.7 Å². The fourth-order valence-electron chi connectivity index (χ4n) is 4.51. The quantitative estimate of drug-likeness (QED) is 0.520. The molecule has 3 atom stereocenters. The van der Waals surface area contributed by atoms with Crippen molar-refractivity contribution in [3.05, 3.63) is 34.9 Å². The van der Waals surface area contributed by atoms with E-state index >= 15 is 0 Å². The maximum Gasteiger partial charge on any atom is 0.127 e. The first-order valence-electron chi connectivity index (χ1n) is 9.70. The lowest BCUT2D eigenvalue weighted by molar-refractivity contribution is -0.00904. The Labute approximate surface area is 146 Å². The molecule has 132 valence electrons. The van der Waals surface area contributed by atoms with Crippen LogP contribution in [0.5, 0.6) is 11.5 Å². The Morgan fingerprint density at radius 3 is 2.75 bits per heavy atom. The van der Waals surface area contributed by atoms with Gasteiger partial charge in [0.2, 0.25) is 0 Å². The van der Waals surface area contributed by atoms with Gasteiger partial charge in [0.15, 0.2) is 0 Å². The van der Waals surface area contributed by atoms with E-state index in [-0.39, 0.29) is 11.5 Å². The molecule has 3 unspecified atom stereocenters. The molecule has 0 spiro atoms. The zero-order valence-corrected chi connectivity index (χ0v) is 15.7. The van der Waals surface area contributed by atoms with Gasteiger partial charge >= 0.3 is 0 Å². The molecule has 1 N–H and O–H groups in total. The van der Waals surface area contributed by atoms with Crippen LogP contribution in [0, 0.1) is 5.92 Å². The number of phenols is 1. The van der Waals surface area contributed by atoms with Gasteiger partial charge in [-0.1, -0.05) is 38.3 Å². The van der Waals surface area contributed by atoms with Crippen molar-refractivity contribution in [2.45, 2.75) is 84.2 Å². The second-order valence-corrected chi connectivity index (χ2v) is 7.94. The van der Waals surface area contributed by atoms with E-state index in [9.17, 15) is 5.11 Å². The molecule has 2 heteroatoms. The van der Waals surface area contributed by atoms with Crippen molar-refractivity contribution in [3.63, 3.8) is 0 Å². The third-order valence-corrected chi connectivity index (χ3v) is 6.16. The first-order valence-corrected chi connectivity index (χ1v) is 9.70. The van der Waals surface area contributed by atoms with E-state index in [1.54, 1.807) is 0 Å². The molecular weight excluding hydrogens is 296 g/mol. The van der Waals surface area contributed by atoms with Gasteiger partial charge in [0, 0.05) is 17.4 Å². The van der Waals surface area contributed by atoms with E-state index in [0.29, 0.717) is 11.7 Å². The molecule has 1 aliphatic carbocycles. The van der Waals surface area contributed by atoms with Crippen molar-refractivity contribution in [2.75, 3.05) is 0 Å². The molecule has 0 amide bonds. The number of aromatic hydroxyl groups is 1. The first kappa shape index (κ1) is 17.4. The first-order chi connectivity index (χ1) is 11.5. The van der Waals surface area contributed by atoms with Crippen LogP contribution in [0.3, 0.4) is 0 Å². The van der Waals surface area contributed by atoms with Crippen LogP contribution in [0.4, 0.5) is 0 Å². The maximum atomic E-state index is 10.8. The smallest absolute Gasteiger partial charge is 0.127 e. The largest absolute Gasteiger partial charge is 0.507 e. The van der Waals surface area contributed by atoms with Gasteiger partial charge < -0.3 is 9.84 Å². The molecule has 24 heavy (non-hydrogen) atoms. The number of hydrogen-bond donors (Lipinski definition) is 1. The Morgan fingerprint density at radius 1 is 1.25 bits per heavy atom. The average Bonchev–Trinajstić information content (AvgIpc) is 2.54. The molecule has 1 heterocycles. The van der Waals surface area contributed by atoms with Gasteiger partial charge in [0.25, 0.3) is 0 Å². The van der Waals surface area contributed by atoms with E-state index in [2.05, 4.69) is 39.8 Å².